The van der Waals surface area contributed by atoms with Gasteiger partial charge in [0.1, 0.15) is 5.69 Å². The van der Waals surface area contributed by atoms with Gasteiger partial charge >= 0.3 is 0 Å². The van der Waals surface area contributed by atoms with Crippen LogP contribution in [-0.4, -0.2) is 41.9 Å². The molecule has 4 N–H and O–H groups in total. The molecule has 0 amide bonds. The Morgan fingerprint density at radius 3 is 2.56 bits per heavy atom. The second-order valence-corrected chi connectivity index (χ2v) is 3.88. The van der Waals surface area contributed by atoms with E-state index in [0.717, 1.165) is 0 Å². The largest absolute Gasteiger partial charge is 0.396 e. The number of nitro benzene ring substituents is 1. The van der Waals surface area contributed by atoms with Crippen molar-refractivity contribution < 1.29 is 15.1 Å². The maximum atomic E-state index is 11.0. The highest BCUT2D eigenvalue weighted by atomic mass is 16.6. The van der Waals surface area contributed by atoms with Gasteiger partial charge in [0, 0.05) is 32.3 Å². The molecule has 1 aromatic rings. The van der Waals surface area contributed by atoms with Crippen LogP contribution in [-0.2, 0) is 6.42 Å². The van der Waals surface area contributed by atoms with Gasteiger partial charge in [-0.15, -0.1) is 0 Å². The summed E-state index contributed by atoms with van der Waals surface area (Å²) in [5.41, 5.74) is 6.49. The molecule has 0 radical (unpaired) electrons. The van der Waals surface area contributed by atoms with E-state index < -0.39 is 4.92 Å². The molecule has 0 fully saturated rings. The average molecular weight is 255 g/mol. The second-order valence-electron chi connectivity index (χ2n) is 3.88. The number of nitro groups is 1. The third-order valence-corrected chi connectivity index (χ3v) is 2.68. The van der Waals surface area contributed by atoms with Crippen LogP contribution in [0.25, 0.3) is 0 Å². The molecule has 7 nitrogen and oxygen atoms in total. The van der Waals surface area contributed by atoms with E-state index in [2.05, 4.69) is 0 Å². The summed E-state index contributed by atoms with van der Waals surface area (Å²) in [4.78, 5) is 12.2. The minimum absolute atomic E-state index is 0.0623. The molecule has 100 valence electrons. The van der Waals surface area contributed by atoms with Crippen LogP contribution in [0.3, 0.4) is 0 Å². The number of aliphatic hydroxyl groups is 2. The van der Waals surface area contributed by atoms with E-state index in [0.29, 0.717) is 17.8 Å². The van der Waals surface area contributed by atoms with Crippen LogP contribution in [0.1, 0.15) is 5.56 Å². The van der Waals surface area contributed by atoms with E-state index >= 15 is 0 Å². The molecule has 0 saturated heterocycles. The molecule has 0 aliphatic carbocycles. The van der Waals surface area contributed by atoms with Crippen LogP contribution in [0.2, 0.25) is 0 Å². The first-order chi connectivity index (χ1) is 8.52. The third-order valence-electron chi connectivity index (χ3n) is 2.68. The molecule has 0 aliphatic heterocycles. The number of nitrogens with zero attached hydrogens (tertiary/aromatic N) is 2. The number of rotatable bonds is 6. The van der Waals surface area contributed by atoms with E-state index in [4.69, 9.17) is 15.9 Å². The standard InChI is InChI=1S/C11H17N3O4/c1-13(5-7-16)10-3-2-9(12)11(14(17)18)8(10)4-6-15/h2-3,15-16H,4-7,12H2,1H3. The van der Waals surface area contributed by atoms with Crippen LogP contribution >= 0.6 is 0 Å². The van der Waals surface area contributed by atoms with E-state index in [1.54, 1.807) is 18.0 Å². The van der Waals surface area contributed by atoms with Gasteiger partial charge in [0.15, 0.2) is 0 Å². The first-order valence-corrected chi connectivity index (χ1v) is 5.51. The summed E-state index contributed by atoms with van der Waals surface area (Å²) in [7, 11) is 1.71. The molecular weight excluding hydrogens is 238 g/mol. The van der Waals surface area contributed by atoms with Gasteiger partial charge < -0.3 is 20.8 Å². The molecule has 1 aromatic carbocycles. The predicted molar refractivity (Wildman–Crippen MR) is 68.7 cm³/mol. The average Bonchev–Trinajstić information content (AvgIpc) is 2.29. The number of anilines is 2. The Labute approximate surface area is 105 Å². The molecule has 0 bridgehead atoms. The topological polar surface area (TPSA) is 113 Å². The highest BCUT2D eigenvalue weighted by Crippen LogP contribution is 2.34. The third kappa shape index (κ3) is 2.88. The molecule has 0 saturated carbocycles. The maximum Gasteiger partial charge on any atom is 0.297 e. The van der Waals surface area contributed by atoms with Gasteiger partial charge in [0.25, 0.3) is 5.69 Å². The van der Waals surface area contributed by atoms with Crippen LogP contribution in [0, 0.1) is 10.1 Å². The fourth-order valence-corrected chi connectivity index (χ4v) is 1.85. The number of nitrogens with two attached hydrogens (primary N) is 1. The minimum atomic E-state index is -0.545. The smallest absolute Gasteiger partial charge is 0.297 e. The van der Waals surface area contributed by atoms with Gasteiger partial charge in [-0.2, -0.15) is 0 Å². The van der Waals surface area contributed by atoms with Gasteiger partial charge in [-0.05, 0) is 12.1 Å². The summed E-state index contributed by atoms with van der Waals surface area (Å²) in [6, 6.07) is 3.12. The van der Waals surface area contributed by atoms with Crippen molar-refractivity contribution in [1.82, 2.24) is 0 Å². The summed E-state index contributed by atoms with van der Waals surface area (Å²) in [5.74, 6) is 0. The van der Waals surface area contributed by atoms with Crippen LogP contribution in [0.4, 0.5) is 17.1 Å². The quantitative estimate of drug-likeness (QED) is 0.378. The van der Waals surface area contributed by atoms with Gasteiger partial charge in [-0.1, -0.05) is 0 Å². The lowest BCUT2D eigenvalue weighted by Gasteiger charge is -2.21. The van der Waals surface area contributed by atoms with Gasteiger partial charge in [-0.25, -0.2) is 0 Å². The zero-order valence-corrected chi connectivity index (χ0v) is 10.2. The molecule has 0 aromatic heterocycles. The number of hydrogen-bond acceptors (Lipinski definition) is 6. The number of nitrogen functional groups attached to an aromatic ring is 1. The zero-order valence-electron chi connectivity index (χ0n) is 10.2. The van der Waals surface area contributed by atoms with Crippen molar-refractivity contribution in [2.24, 2.45) is 0 Å². The Morgan fingerprint density at radius 1 is 1.39 bits per heavy atom. The first kappa shape index (κ1) is 14.2. The Hall–Kier alpha value is -1.86. The lowest BCUT2D eigenvalue weighted by atomic mass is 10.0. The Kier molecular flexibility index (Phi) is 4.87. The second kappa shape index (κ2) is 6.18. The van der Waals surface area contributed by atoms with Crippen molar-refractivity contribution in [3.05, 3.63) is 27.8 Å². The monoisotopic (exact) mass is 255 g/mol. The summed E-state index contributed by atoms with van der Waals surface area (Å²) in [6.45, 7) is 0.0804. The Balaban J connectivity index is 3.33. The van der Waals surface area contributed by atoms with Crippen molar-refractivity contribution in [2.75, 3.05) is 37.4 Å². The molecule has 0 unspecified atom stereocenters. The van der Waals surface area contributed by atoms with E-state index in [9.17, 15) is 10.1 Å². The van der Waals surface area contributed by atoms with E-state index in [-0.39, 0.29) is 31.0 Å². The highest BCUT2D eigenvalue weighted by molar-refractivity contribution is 5.72. The maximum absolute atomic E-state index is 11.0. The number of benzene rings is 1. The van der Waals surface area contributed by atoms with Crippen molar-refractivity contribution in [3.63, 3.8) is 0 Å². The molecule has 1 rings (SSSR count). The molecule has 0 atom stereocenters. The van der Waals surface area contributed by atoms with Crippen LogP contribution in [0.15, 0.2) is 12.1 Å². The van der Waals surface area contributed by atoms with Gasteiger partial charge in [0.2, 0.25) is 0 Å². The molecular formula is C11H17N3O4. The number of aliphatic hydroxyl groups excluding tert-OH is 2. The van der Waals surface area contributed by atoms with E-state index in [1.807, 2.05) is 0 Å². The SMILES string of the molecule is CN(CCO)c1ccc(N)c([N+](=O)[O-])c1CCO. The summed E-state index contributed by atoms with van der Waals surface area (Å²) in [6.07, 6.45) is 0.145. The fourth-order valence-electron chi connectivity index (χ4n) is 1.85. The number of hydrogen-bond donors (Lipinski definition) is 3. The zero-order chi connectivity index (χ0) is 13.7. The van der Waals surface area contributed by atoms with Crippen molar-refractivity contribution in [1.29, 1.82) is 0 Å². The molecule has 0 spiro atoms. The van der Waals surface area contributed by atoms with Crippen LogP contribution in [0.5, 0.6) is 0 Å². The lowest BCUT2D eigenvalue weighted by Crippen LogP contribution is -2.23. The van der Waals surface area contributed by atoms with Gasteiger partial charge in [-0.3, -0.25) is 10.1 Å². The molecule has 0 heterocycles. The van der Waals surface area contributed by atoms with Gasteiger partial charge in [0.05, 0.1) is 17.1 Å². The van der Waals surface area contributed by atoms with Crippen molar-refractivity contribution in [2.45, 2.75) is 6.42 Å². The number of likely N-dealkylation sites (N-methyl/N-ethyl adjacent to an activating group) is 1. The highest BCUT2D eigenvalue weighted by Gasteiger charge is 2.22. The van der Waals surface area contributed by atoms with E-state index in [1.165, 1.54) is 6.07 Å². The summed E-state index contributed by atoms with van der Waals surface area (Å²) in [5, 5.41) is 28.9. The normalized spacial score (nSPS) is 10.4. The molecule has 0 aliphatic rings. The Morgan fingerprint density at radius 2 is 2.06 bits per heavy atom. The lowest BCUT2D eigenvalue weighted by molar-refractivity contribution is -0.384. The molecule has 7 heteroatoms. The predicted octanol–water partition coefficient (Wildman–Crippen LogP) is 0.140. The van der Waals surface area contributed by atoms with Crippen molar-refractivity contribution in [3.8, 4) is 0 Å². The van der Waals surface area contributed by atoms with Crippen molar-refractivity contribution >= 4 is 17.1 Å². The molecule has 18 heavy (non-hydrogen) atoms. The minimum Gasteiger partial charge on any atom is -0.396 e. The fraction of sp³-hybridized carbons (Fsp3) is 0.455. The summed E-state index contributed by atoms with van der Waals surface area (Å²) < 4.78 is 0. The Bertz CT molecular complexity index is 437. The van der Waals surface area contributed by atoms with Crippen LogP contribution < -0.4 is 10.6 Å². The summed E-state index contributed by atoms with van der Waals surface area (Å²) >= 11 is 0. The first-order valence-electron chi connectivity index (χ1n) is 5.51.